The van der Waals surface area contributed by atoms with E-state index in [9.17, 15) is 14.0 Å². The molecule has 0 spiro atoms. The summed E-state index contributed by atoms with van der Waals surface area (Å²) in [4.78, 5) is 21.5. The molecule has 0 saturated carbocycles. The van der Waals surface area contributed by atoms with Crippen LogP contribution in [0.15, 0.2) is 61.2 Å². The highest BCUT2D eigenvalue weighted by atomic mass is 19.1. The van der Waals surface area contributed by atoms with Crippen LogP contribution < -0.4 is 10.5 Å². The topological polar surface area (TPSA) is 98.8 Å². The van der Waals surface area contributed by atoms with Gasteiger partial charge in [0.15, 0.2) is 0 Å². The summed E-state index contributed by atoms with van der Waals surface area (Å²) in [5.41, 5.74) is 6.10. The molecule has 2 aromatic rings. The Labute approximate surface area is 176 Å². The van der Waals surface area contributed by atoms with Crippen molar-refractivity contribution < 1.29 is 28.6 Å². The van der Waals surface area contributed by atoms with Gasteiger partial charge in [-0.15, -0.1) is 0 Å². The number of hydrogen-bond donors (Lipinski definition) is 2. The van der Waals surface area contributed by atoms with Gasteiger partial charge in [-0.2, -0.15) is 0 Å². The van der Waals surface area contributed by atoms with Crippen molar-refractivity contribution in [3.05, 3.63) is 72.6 Å². The highest BCUT2D eigenvalue weighted by Crippen LogP contribution is 2.13. The number of hydrogen-bond acceptors (Lipinski definition) is 5. The molecule has 7 heteroatoms. The maximum atomic E-state index is 12.0. The summed E-state index contributed by atoms with van der Waals surface area (Å²) >= 11 is 0. The number of aromatic carboxylic acids is 1. The molecule has 2 rings (SSSR count). The predicted molar refractivity (Wildman–Crippen MR) is 114 cm³/mol. The van der Waals surface area contributed by atoms with Crippen LogP contribution in [0.2, 0.25) is 0 Å². The number of benzene rings is 2. The summed E-state index contributed by atoms with van der Waals surface area (Å²) in [5.74, 6) is -0.881. The van der Waals surface area contributed by atoms with Gasteiger partial charge < -0.3 is 20.3 Å². The van der Waals surface area contributed by atoms with Crippen LogP contribution in [-0.4, -0.2) is 30.3 Å². The molecule has 0 aliphatic carbocycles. The number of anilines is 1. The van der Waals surface area contributed by atoms with E-state index in [4.69, 9.17) is 20.3 Å². The van der Waals surface area contributed by atoms with E-state index in [1.807, 2.05) is 0 Å². The Morgan fingerprint density at radius 1 is 0.933 bits per heavy atom. The summed E-state index contributed by atoms with van der Waals surface area (Å²) in [5, 5.41) is 8.78. The molecule has 0 bridgehead atoms. The molecule has 0 amide bonds. The number of carbonyl (C=O) groups excluding carboxylic acids is 1. The predicted octanol–water partition coefficient (Wildman–Crippen LogP) is 4.85. The summed E-state index contributed by atoms with van der Waals surface area (Å²) in [7, 11) is 0. The highest BCUT2D eigenvalue weighted by Gasteiger charge is 2.02. The smallest absolute Gasteiger partial charge is 0.335 e. The van der Waals surface area contributed by atoms with Crippen LogP contribution in [0.1, 0.15) is 42.5 Å². The molecule has 2 aromatic carbocycles. The molecular weight excluding hydrogens is 389 g/mol. The maximum Gasteiger partial charge on any atom is 0.335 e. The first-order chi connectivity index (χ1) is 14.4. The monoisotopic (exact) mass is 417 g/mol. The van der Waals surface area contributed by atoms with Crippen molar-refractivity contribution in [1.29, 1.82) is 0 Å². The Morgan fingerprint density at radius 2 is 1.50 bits per heavy atom. The van der Waals surface area contributed by atoms with Crippen LogP contribution in [0.3, 0.4) is 0 Å². The molecule has 0 aliphatic heterocycles. The molecule has 6 nitrogen and oxygen atoms in total. The number of ether oxygens (including phenoxy) is 2. The van der Waals surface area contributed by atoms with Gasteiger partial charge >= 0.3 is 11.9 Å². The lowest BCUT2D eigenvalue weighted by molar-refractivity contribution is -0.137. The Hall–Kier alpha value is -3.35. The van der Waals surface area contributed by atoms with E-state index in [2.05, 4.69) is 6.58 Å². The second-order valence-electron chi connectivity index (χ2n) is 6.37. The number of nitrogen functional groups attached to an aromatic ring is 1. The minimum absolute atomic E-state index is 0.251. The second kappa shape index (κ2) is 14.6. The fourth-order valence-corrected chi connectivity index (χ4v) is 2.31. The van der Waals surface area contributed by atoms with Crippen LogP contribution in [0.4, 0.5) is 10.1 Å². The van der Waals surface area contributed by atoms with Gasteiger partial charge in [0.05, 0.1) is 18.8 Å². The number of carbonyl (C=O) groups is 2. The number of nitrogens with two attached hydrogens (primary N) is 1. The van der Waals surface area contributed by atoms with Crippen molar-refractivity contribution in [2.75, 3.05) is 18.9 Å². The van der Waals surface area contributed by atoms with Gasteiger partial charge in [-0.05, 0) is 61.4 Å². The zero-order chi connectivity index (χ0) is 22.2. The largest absolute Gasteiger partial charge is 0.494 e. The van der Waals surface area contributed by atoms with Crippen LogP contribution >= 0.6 is 0 Å². The quantitative estimate of drug-likeness (QED) is 0.235. The highest BCUT2D eigenvalue weighted by molar-refractivity contribution is 5.87. The Balaban J connectivity index is 0.000000467. The minimum atomic E-state index is -0.940. The fourth-order valence-electron chi connectivity index (χ4n) is 2.31. The molecular formula is C23H28FNO5. The van der Waals surface area contributed by atoms with Gasteiger partial charge in [-0.25, -0.2) is 14.0 Å². The summed E-state index contributed by atoms with van der Waals surface area (Å²) in [6.45, 7) is 4.38. The first-order valence-electron chi connectivity index (χ1n) is 9.68. The van der Waals surface area contributed by atoms with E-state index >= 15 is 0 Å². The number of carboxylic acid groups (broad SMARTS) is 1. The molecule has 0 fully saturated rings. The lowest BCUT2D eigenvalue weighted by Crippen LogP contribution is -2.02. The van der Waals surface area contributed by atoms with Crippen molar-refractivity contribution >= 4 is 17.6 Å². The van der Waals surface area contributed by atoms with Crippen molar-refractivity contribution in [3.63, 3.8) is 0 Å². The zero-order valence-corrected chi connectivity index (χ0v) is 16.9. The minimum Gasteiger partial charge on any atom is -0.494 e. The molecule has 30 heavy (non-hydrogen) atoms. The maximum absolute atomic E-state index is 12.0. The molecule has 0 unspecified atom stereocenters. The van der Waals surface area contributed by atoms with Crippen molar-refractivity contribution in [2.24, 2.45) is 0 Å². The molecule has 0 saturated heterocycles. The number of carboxylic acids is 1. The third kappa shape index (κ3) is 11.5. The van der Waals surface area contributed by atoms with Gasteiger partial charge in [-0.3, -0.25) is 0 Å². The van der Waals surface area contributed by atoms with Crippen molar-refractivity contribution in [2.45, 2.75) is 32.1 Å². The number of esters is 1. The third-order valence-corrected chi connectivity index (χ3v) is 3.94. The summed E-state index contributed by atoms with van der Waals surface area (Å²) < 4.78 is 22.5. The SMILES string of the molecule is C=CC(=O)OCCCCCCCOc1ccc(C(=O)O)cc1.Nc1ccc(F)cc1. The normalized spacial score (nSPS) is 9.77. The lowest BCUT2D eigenvalue weighted by Gasteiger charge is -2.06. The number of halogens is 1. The van der Waals surface area contributed by atoms with Gasteiger partial charge in [0.1, 0.15) is 11.6 Å². The molecule has 3 N–H and O–H groups in total. The average molecular weight is 417 g/mol. The van der Waals surface area contributed by atoms with E-state index in [0.29, 0.717) is 24.7 Å². The summed E-state index contributed by atoms with van der Waals surface area (Å²) in [6, 6.07) is 12.1. The van der Waals surface area contributed by atoms with Gasteiger partial charge in [-0.1, -0.05) is 25.8 Å². The Bertz CT molecular complexity index is 754. The first kappa shape index (κ1) is 24.7. The third-order valence-electron chi connectivity index (χ3n) is 3.94. The molecule has 0 aliphatic rings. The van der Waals surface area contributed by atoms with Gasteiger partial charge in [0.25, 0.3) is 0 Å². The van der Waals surface area contributed by atoms with Crippen LogP contribution in [-0.2, 0) is 9.53 Å². The van der Waals surface area contributed by atoms with Crippen molar-refractivity contribution in [3.8, 4) is 5.75 Å². The van der Waals surface area contributed by atoms with E-state index in [0.717, 1.165) is 32.1 Å². The summed E-state index contributed by atoms with van der Waals surface area (Å²) in [6.07, 6.45) is 6.08. The first-order valence-corrected chi connectivity index (χ1v) is 9.68. The van der Waals surface area contributed by atoms with Crippen LogP contribution in [0.5, 0.6) is 5.75 Å². The molecule has 0 aromatic heterocycles. The Morgan fingerprint density at radius 3 is 2.03 bits per heavy atom. The number of unbranched alkanes of at least 4 members (excludes halogenated alkanes) is 4. The molecule has 162 valence electrons. The zero-order valence-electron chi connectivity index (χ0n) is 16.9. The Kier molecular flexibility index (Phi) is 12.0. The number of rotatable bonds is 11. The molecule has 0 radical (unpaired) electrons. The van der Waals surface area contributed by atoms with Gasteiger partial charge in [0, 0.05) is 11.8 Å². The van der Waals surface area contributed by atoms with Crippen LogP contribution in [0, 0.1) is 5.82 Å². The average Bonchev–Trinajstić information content (AvgIpc) is 2.75. The van der Waals surface area contributed by atoms with Crippen molar-refractivity contribution in [1.82, 2.24) is 0 Å². The second-order valence-corrected chi connectivity index (χ2v) is 6.37. The lowest BCUT2D eigenvalue weighted by atomic mass is 10.1. The van der Waals surface area contributed by atoms with E-state index in [1.165, 1.54) is 42.5 Å². The fraction of sp³-hybridized carbons (Fsp3) is 0.304. The van der Waals surface area contributed by atoms with E-state index in [1.54, 1.807) is 12.1 Å². The standard InChI is InChI=1S/C17H22O5.C6H6FN/c1-2-16(18)22-13-7-5-3-4-6-12-21-15-10-8-14(9-11-15)17(19)20;7-5-1-3-6(8)4-2-5/h2,8-11H,1,3-7,12-13H2,(H,19,20);1-4H,8H2. The molecule has 0 heterocycles. The van der Waals surface area contributed by atoms with E-state index < -0.39 is 5.97 Å². The van der Waals surface area contributed by atoms with Crippen LogP contribution in [0.25, 0.3) is 0 Å². The van der Waals surface area contributed by atoms with E-state index in [-0.39, 0.29) is 17.3 Å². The molecule has 0 atom stereocenters. The van der Waals surface area contributed by atoms with Gasteiger partial charge in [0.2, 0.25) is 0 Å².